The summed E-state index contributed by atoms with van der Waals surface area (Å²) in [6.07, 6.45) is 5.89. The van der Waals surface area contributed by atoms with Gasteiger partial charge in [-0.05, 0) is 37.2 Å². The molecule has 2 atom stereocenters. The summed E-state index contributed by atoms with van der Waals surface area (Å²) in [6, 6.07) is 0.450. The second kappa shape index (κ2) is 4.22. The number of carbonyl (C=O) groups excluding carboxylic acids is 1. The van der Waals surface area contributed by atoms with Crippen LogP contribution in [0.15, 0.2) is 0 Å². The van der Waals surface area contributed by atoms with E-state index in [2.05, 4.69) is 10.6 Å². The Morgan fingerprint density at radius 3 is 2.88 bits per heavy atom. The van der Waals surface area contributed by atoms with Gasteiger partial charge < -0.3 is 10.6 Å². The summed E-state index contributed by atoms with van der Waals surface area (Å²) in [6.45, 7) is 0.847. The fourth-order valence-electron chi connectivity index (χ4n) is 3.36. The molecule has 3 nitrogen and oxygen atoms in total. The highest BCUT2D eigenvalue weighted by molar-refractivity contribution is 7.99. The van der Waals surface area contributed by atoms with Crippen LogP contribution in [-0.2, 0) is 4.79 Å². The highest BCUT2D eigenvalue weighted by Crippen LogP contribution is 2.34. The lowest BCUT2D eigenvalue weighted by Crippen LogP contribution is -2.55. The molecule has 2 saturated heterocycles. The second-order valence-electron chi connectivity index (χ2n) is 5.40. The molecule has 2 unspecified atom stereocenters. The predicted molar refractivity (Wildman–Crippen MR) is 66.6 cm³/mol. The molecule has 0 bridgehead atoms. The lowest BCUT2D eigenvalue weighted by atomic mass is 9.91. The van der Waals surface area contributed by atoms with Crippen molar-refractivity contribution >= 4 is 17.7 Å². The zero-order valence-corrected chi connectivity index (χ0v) is 10.4. The van der Waals surface area contributed by atoms with E-state index in [1.54, 1.807) is 0 Å². The summed E-state index contributed by atoms with van der Waals surface area (Å²) >= 11 is 2.04. The first kappa shape index (κ1) is 10.9. The molecule has 0 aromatic rings. The van der Waals surface area contributed by atoms with Gasteiger partial charge in [0.1, 0.15) is 0 Å². The summed E-state index contributed by atoms with van der Waals surface area (Å²) in [7, 11) is 0. The molecule has 3 rings (SSSR count). The van der Waals surface area contributed by atoms with Crippen LogP contribution in [0.1, 0.15) is 32.1 Å². The van der Waals surface area contributed by atoms with Crippen LogP contribution in [0, 0.1) is 5.92 Å². The molecule has 4 heteroatoms. The molecule has 2 heterocycles. The second-order valence-corrected chi connectivity index (χ2v) is 6.62. The van der Waals surface area contributed by atoms with Gasteiger partial charge in [0.05, 0.1) is 5.92 Å². The van der Waals surface area contributed by atoms with Gasteiger partial charge in [0, 0.05) is 18.1 Å². The van der Waals surface area contributed by atoms with E-state index in [1.807, 2.05) is 11.8 Å². The number of thioether (sulfide) groups is 1. The monoisotopic (exact) mass is 240 g/mol. The van der Waals surface area contributed by atoms with Gasteiger partial charge in [0.2, 0.25) is 5.91 Å². The van der Waals surface area contributed by atoms with Gasteiger partial charge in [-0.25, -0.2) is 0 Å². The maximum atomic E-state index is 12.0. The molecular formula is C12H20N2OS. The van der Waals surface area contributed by atoms with Crippen molar-refractivity contribution in [3.8, 4) is 0 Å². The summed E-state index contributed by atoms with van der Waals surface area (Å²) < 4.78 is 0. The van der Waals surface area contributed by atoms with Gasteiger partial charge in [-0.1, -0.05) is 6.42 Å². The molecule has 0 aromatic carbocycles. The Morgan fingerprint density at radius 1 is 1.25 bits per heavy atom. The largest absolute Gasteiger partial charge is 0.354 e. The van der Waals surface area contributed by atoms with Crippen molar-refractivity contribution in [1.29, 1.82) is 0 Å². The first-order valence-electron chi connectivity index (χ1n) is 6.42. The van der Waals surface area contributed by atoms with Crippen molar-refractivity contribution in [3.05, 3.63) is 0 Å². The van der Waals surface area contributed by atoms with E-state index in [0.717, 1.165) is 13.0 Å². The predicted octanol–water partition coefficient (Wildman–Crippen LogP) is 1.14. The van der Waals surface area contributed by atoms with Crippen molar-refractivity contribution in [2.24, 2.45) is 5.92 Å². The van der Waals surface area contributed by atoms with Gasteiger partial charge >= 0.3 is 0 Å². The number of fused-ring (bicyclic) bond motifs is 1. The maximum absolute atomic E-state index is 12.0. The van der Waals surface area contributed by atoms with E-state index in [9.17, 15) is 4.79 Å². The molecular weight excluding hydrogens is 220 g/mol. The first-order chi connectivity index (χ1) is 7.79. The average molecular weight is 240 g/mol. The Labute approximate surface area is 101 Å². The number of hydrogen-bond donors (Lipinski definition) is 2. The molecule has 1 amide bonds. The lowest BCUT2D eigenvalue weighted by molar-refractivity contribution is -0.124. The minimum absolute atomic E-state index is 0.213. The first-order valence-corrected chi connectivity index (χ1v) is 7.58. The maximum Gasteiger partial charge on any atom is 0.224 e. The Morgan fingerprint density at radius 2 is 2.06 bits per heavy atom. The third-order valence-corrected chi connectivity index (χ3v) is 5.38. The zero-order chi connectivity index (χ0) is 11.0. The van der Waals surface area contributed by atoms with E-state index >= 15 is 0 Å². The Balaban J connectivity index is 1.79. The van der Waals surface area contributed by atoms with Gasteiger partial charge in [0.15, 0.2) is 0 Å². The minimum Gasteiger partial charge on any atom is -0.354 e. The lowest BCUT2D eigenvalue weighted by Gasteiger charge is -2.38. The van der Waals surface area contributed by atoms with Gasteiger partial charge in [-0.15, -0.1) is 0 Å². The smallest absolute Gasteiger partial charge is 0.224 e. The van der Waals surface area contributed by atoms with E-state index < -0.39 is 0 Å². The van der Waals surface area contributed by atoms with Crippen LogP contribution >= 0.6 is 11.8 Å². The van der Waals surface area contributed by atoms with Crippen LogP contribution in [-0.4, -0.2) is 35.5 Å². The highest BCUT2D eigenvalue weighted by Gasteiger charge is 2.43. The van der Waals surface area contributed by atoms with Crippen molar-refractivity contribution < 1.29 is 4.79 Å². The fraction of sp³-hybridized carbons (Fsp3) is 0.917. The quantitative estimate of drug-likeness (QED) is 0.667. The molecule has 1 saturated carbocycles. The van der Waals surface area contributed by atoms with Crippen LogP contribution in [0.2, 0.25) is 0 Å². The number of hydrogen-bond acceptors (Lipinski definition) is 3. The third kappa shape index (κ3) is 1.86. The van der Waals surface area contributed by atoms with Crippen LogP contribution in [0.25, 0.3) is 0 Å². The third-order valence-electron chi connectivity index (χ3n) is 4.40. The van der Waals surface area contributed by atoms with E-state index in [4.69, 9.17) is 0 Å². The summed E-state index contributed by atoms with van der Waals surface area (Å²) in [4.78, 5) is 12.0. The standard InChI is InChI=1S/C12H20N2OS/c15-11-9-2-1-3-10(9)14-12(8-13-11)4-6-16-7-5-12/h9-10,14H,1-8H2,(H,13,15). The van der Waals surface area contributed by atoms with Gasteiger partial charge in [-0.3, -0.25) is 4.79 Å². The zero-order valence-electron chi connectivity index (χ0n) is 9.63. The molecule has 0 radical (unpaired) electrons. The fourth-order valence-corrected chi connectivity index (χ4v) is 4.64. The molecule has 1 aliphatic carbocycles. The molecule has 3 fully saturated rings. The Kier molecular flexibility index (Phi) is 2.88. The molecule has 2 N–H and O–H groups in total. The van der Waals surface area contributed by atoms with Crippen LogP contribution < -0.4 is 10.6 Å². The van der Waals surface area contributed by atoms with Gasteiger partial charge in [-0.2, -0.15) is 11.8 Å². The normalized spacial score (nSPS) is 37.9. The molecule has 0 aromatic heterocycles. The van der Waals surface area contributed by atoms with E-state index in [0.29, 0.717) is 11.9 Å². The summed E-state index contributed by atoms with van der Waals surface area (Å²) in [5.74, 6) is 3.01. The molecule has 3 aliphatic rings. The van der Waals surface area contributed by atoms with Crippen molar-refractivity contribution in [2.45, 2.75) is 43.7 Å². The Bertz CT molecular complexity index is 289. The SMILES string of the molecule is O=C1NCC2(CCSCC2)NC2CCCC12. The van der Waals surface area contributed by atoms with Crippen LogP contribution in [0.3, 0.4) is 0 Å². The summed E-state index contributed by atoms with van der Waals surface area (Å²) in [5.41, 5.74) is 0.213. The van der Waals surface area contributed by atoms with Gasteiger partial charge in [0.25, 0.3) is 0 Å². The molecule has 90 valence electrons. The molecule has 2 aliphatic heterocycles. The number of carbonyl (C=O) groups is 1. The molecule has 16 heavy (non-hydrogen) atoms. The topological polar surface area (TPSA) is 41.1 Å². The number of nitrogens with one attached hydrogen (secondary N) is 2. The highest BCUT2D eigenvalue weighted by atomic mass is 32.2. The van der Waals surface area contributed by atoms with Crippen molar-refractivity contribution in [2.75, 3.05) is 18.1 Å². The number of rotatable bonds is 0. The van der Waals surface area contributed by atoms with Crippen LogP contribution in [0.5, 0.6) is 0 Å². The van der Waals surface area contributed by atoms with Crippen molar-refractivity contribution in [3.63, 3.8) is 0 Å². The van der Waals surface area contributed by atoms with E-state index in [-0.39, 0.29) is 11.5 Å². The Hall–Kier alpha value is -0.220. The number of amides is 1. The molecule has 1 spiro atoms. The van der Waals surface area contributed by atoms with E-state index in [1.165, 1.54) is 37.2 Å². The van der Waals surface area contributed by atoms with Crippen LogP contribution in [0.4, 0.5) is 0 Å². The summed E-state index contributed by atoms with van der Waals surface area (Å²) in [5, 5.41) is 6.99. The van der Waals surface area contributed by atoms with Crippen molar-refractivity contribution in [1.82, 2.24) is 10.6 Å². The average Bonchev–Trinajstić information content (AvgIpc) is 2.71. The minimum atomic E-state index is 0.213.